The Balaban J connectivity index is 2.33. The first-order valence-corrected chi connectivity index (χ1v) is 7.17. The summed E-state index contributed by atoms with van der Waals surface area (Å²) >= 11 is 17.9. The normalized spacial score (nSPS) is 12.0. The number of nitro benzene ring substituents is 1. The summed E-state index contributed by atoms with van der Waals surface area (Å²) in [7, 11) is 0. The van der Waals surface area contributed by atoms with Gasteiger partial charge in [0.25, 0.3) is 5.69 Å². The summed E-state index contributed by atoms with van der Waals surface area (Å²) in [5, 5.41) is 15.5. The van der Waals surface area contributed by atoms with E-state index in [0.717, 1.165) is 5.56 Å². The van der Waals surface area contributed by atoms with E-state index in [0.29, 0.717) is 20.8 Å². The smallest absolute Gasteiger partial charge is 0.292 e. The molecule has 2 aromatic rings. The van der Waals surface area contributed by atoms with E-state index in [4.69, 9.17) is 34.8 Å². The van der Waals surface area contributed by atoms with Crippen LogP contribution in [0.15, 0.2) is 36.4 Å². The molecule has 0 aromatic heterocycles. The molecular weight excluding hydrogens is 335 g/mol. The highest BCUT2D eigenvalue weighted by Gasteiger charge is 2.17. The van der Waals surface area contributed by atoms with Gasteiger partial charge in [0.1, 0.15) is 5.69 Å². The summed E-state index contributed by atoms with van der Waals surface area (Å²) in [5.74, 6) is 0. The molecule has 0 heterocycles. The van der Waals surface area contributed by atoms with Gasteiger partial charge in [-0.05, 0) is 36.8 Å². The lowest BCUT2D eigenvalue weighted by Crippen LogP contribution is -2.09. The van der Waals surface area contributed by atoms with Crippen molar-refractivity contribution in [2.24, 2.45) is 0 Å². The van der Waals surface area contributed by atoms with E-state index in [1.807, 2.05) is 6.92 Å². The van der Waals surface area contributed by atoms with Crippen molar-refractivity contribution < 1.29 is 4.92 Å². The quantitative estimate of drug-likeness (QED) is 0.569. The number of rotatable bonds is 4. The summed E-state index contributed by atoms with van der Waals surface area (Å²) in [4.78, 5) is 10.6. The number of nitrogens with one attached hydrogen (secondary N) is 1. The minimum absolute atomic E-state index is 0.0451. The monoisotopic (exact) mass is 344 g/mol. The number of halogens is 3. The largest absolute Gasteiger partial charge is 0.373 e. The van der Waals surface area contributed by atoms with Crippen LogP contribution in [-0.4, -0.2) is 4.92 Å². The Morgan fingerprint density at radius 3 is 2.33 bits per heavy atom. The number of nitrogens with zero attached hydrogens (tertiary/aromatic N) is 1. The first kappa shape index (κ1) is 15.9. The summed E-state index contributed by atoms with van der Waals surface area (Å²) in [6, 6.07) is 9.23. The molecule has 0 aliphatic heterocycles. The molecule has 0 saturated heterocycles. The molecule has 7 heteroatoms. The second kappa shape index (κ2) is 6.52. The second-order valence-corrected chi connectivity index (χ2v) is 5.73. The van der Waals surface area contributed by atoms with Gasteiger partial charge in [0, 0.05) is 21.1 Å². The Kier molecular flexibility index (Phi) is 4.93. The summed E-state index contributed by atoms with van der Waals surface area (Å²) in [6.45, 7) is 1.85. The van der Waals surface area contributed by atoms with Gasteiger partial charge in [-0.3, -0.25) is 10.1 Å². The first-order valence-electron chi connectivity index (χ1n) is 6.04. The van der Waals surface area contributed by atoms with Crippen LogP contribution in [-0.2, 0) is 0 Å². The van der Waals surface area contributed by atoms with Gasteiger partial charge in [-0.2, -0.15) is 0 Å². The third-order valence-corrected chi connectivity index (χ3v) is 3.75. The highest BCUT2D eigenvalue weighted by Crippen LogP contribution is 2.33. The Hall–Kier alpha value is -1.49. The predicted octanol–water partition coefficient (Wildman–Crippen LogP) is 5.73. The second-order valence-electron chi connectivity index (χ2n) is 4.45. The number of nitro groups is 1. The molecule has 0 saturated carbocycles. The average Bonchev–Trinajstić information content (AvgIpc) is 2.37. The summed E-state index contributed by atoms with van der Waals surface area (Å²) in [5.41, 5.74) is 1.08. The highest BCUT2D eigenvalue weighted by molar-refractivity contribution is 6.35. The molecule has 0 fully saturated rings. The first-order chi connectivity index (χ1) is 9.88. The van der Waals surface area contributed by atoms with Crippen LogP contribution in [0.2, 0.25) is 15.1 Å². The van der Waals surface area contributed by atoms with Crippen molar-refractivity contribution >= 4 is 46.2 Å². The van der Waals surface area contributed by atoms with Gasteiger partial charge in [-0.15, -0.1) is 0 Å². The zero-order valence-corrected chi connectivity index (χ0v) is 13.2. The molecule has 0 radical (unpaired) electrons. The third-order valence-electron chi connectivity index (χ3n) is 2.96. The van der Waals surface area contributed by atoms with E-state index in [1.165, 1.54) is 18.2 Å². The van der Waals surface area contributed by atoms with E-state index in [9.17, 15) is 10.1 Å². The van der Waals surface area contributed by atoms with E-state index in [1.54, 1.807) is 18.2 Å². The molecule has 1 unspecified atom stereocenters. The third kappa shape index (κ3) is 3.79. The molecule has 0 aliphatic carbocycles. The van der Waals surface area contributed by atoms with Crippen molar-refractivity contribution in [2.45, 2.75) is 13.0 Å². The van der Waals surface area contributed by atoms with Crippen molar-refractivity contribution in [3.63, 3.8) is 0 Å². The van der Waals surface area contributed by atoms with Crippen molar-refractivity contribution in [1.82, 2.24) is 0 Å². The fraction of sp³-hybridized carbons (Fsp3) is 0.143. The fourth-order valence-corrected chi connectivity index (χ4v) is 2.69. The molecule has 4 nitrogen and oxygen atoms in total. The Morgan fingerprint density at radius 1 is 1.10 bits per heavy atom. The van der Waals surface area contributed by atoms with Crippen molar-refractivity contribution in [2.75, 3.05) is 5.32 Å². The van der Waals surface area contributed by atoms with Gasteiger partial charge < -0.3 is 5.32 Å². The van der Waals surface area contributed by atoms with Crippen LogP contribution in [0, 0.1) is 10.1 Å². The van der Waals surface area contributed by atoms with Crippen LogP contribution in [0.25, 0.3) is 0 Å². The molecule has 0 spiro atoms. The Labute approximate surface area is 136 Å². The minimum Gasteiger partial charge on any atom is -0.373 e. The predicted molar refractivity (Wildman–Crippen MR) is 86.6 cm³/mol. The van der Waals surface area contributed by atoms with Gasteiger partial charge >= 0.3 is 0 Å². The Morgan fingerprint density at radius 2 is 1.71 bits per heavy atom. The molecule has 2 aromatic carbocycles. The lowest BCUT2D eigenvalue weighted by atomic mass is 10.1. The van der Waals surface area contributed by atoms with E-state index >= 15 is 0 Å². The zero-order valence-electron chi connectivity index (χ0n) is 10.9. The summed E-state index contributed by atoms with van der Waals surface area (Å²) in [6.07, 6.45) is 0. The maximum absolute atomic E-state index is 11.0. The van der Waals surface area contributed by atoms with Crippen LogP contribution in [0.5, 0.6) is 0 Å². The maximum atomic E-state index is 11.0. The van der Waals surface area contributed by atoms with E-state index in [2.05, 4.69) is 5.32 Å². The van der Waals surface area contributed by atoms with Gasteiger partial charge in [0.15, 0.2) is 0 Å². The average molecular weight is 346 g/mol. The molecule has 1 atom stereocenters. The molecule has 0 amide bonds. The van der Waals surface area contributed by atoms with E-state index in [-0.39, 0.29) is 11.7 Å². The van der Waals surface area contributed by atoms with Crippen molar-refractivity contribution in [3.05, 3.63) is 67.1 Å². The number of anilines is 1. The zero-order chi connectivity index (χ0) is 15.6. The molecule has 1 N–H and O–H groups in total. The summed E-state index contributed by atoms with van der Waals surface area (Å²) < 4.78 is 0. The standard InChI is InChI=1S/C14H11Cl3N2O2/c1-8(11-4-2-9(15)6-12(11)17)18-13-7-10(16)3-5-14(13)19(20)21/h2-8,18H,1H3. The van der Waals surface area contributed by atoms with Crippen LogP contribution < -0.4 is 5.32 Å². The molecule has 0 bridgehead atoms. The molecule has 0 aliphatic rings. The van der Waals surface area contributed by atoms with Gasteiger partial charge in [-0.1, -0.05) is 40.9 Å². The van der Waals surface area contributed by atoms with Gasteiger partial charge in [0.05, 0.1) is 11.0 Å². The Bertz CT molecular complexity index is 692. The molecular formula is C14H11Cl3N2O2. The van der Waals surface area contributed by atoms with Crippen LogP contribution in [0.1, 0.15) is 18.5 Å². The molecule has 21 heavy (non-hydrogen) atoms. The topological polar surface area (TPSA) is 55.2 Å². The number of benzene rings is 2. The fourth-order valence-electron chi connectivity index (χ4n) is 1.95. The minimum atomic E-state index is -0.463. The van der Waals surface area contributed by atoms with Crippen LogP contribution in [0.3, 0.4) is 0 Å². The van der Waals surface area contributed by atoms with E-state index < -0.39 is 4.92 Å². The highest BCUT2D eigenvalue weighted by atomic mass is 35.5. The van der Waals surface area contributed by atoms with Crippen LogP contribution in [0.4, 0.5) is 11.4 Å². The SMILES string of the molecule is CC(Nc1cc(Cl)ccc1[N+](=O)[O-])c1ccc(Cl)cc1Cl. The maximum Gasteiger partial charge on any atom is 0.292 e. The number of hydrogen-bond acceptors (Lipinski definition) is 3. The van der Waals surface area contributed by atoms with Gasteiger partial charge in [-0.25, -0.2) is 0 Å². The van der Waals surface area contributed by atoms with Crippen molar-refractivity contribution in [3.8, 4) is 0 Å². The van der Waals surface area contributed by atoms with Gasteiger partial charge in [0.2, 0.25) is 0 Å². The lowest BCUT2D eigenvalue weighted by molar-refractivity contribution is -0.384. The molecule has 110 valence electrons. The number of hydrogen-bond donors (Lipinski definition) is 1. The van der Waals surface area contributed by atoms with Crippen molar-refractivity contribution in [1.29, 1.82) is 0 Å². The molecule has 2 rings (SSSR count). The lowest BCUT2D eigenvalue weighted by Gasteiger charge is -2.17. The van der Waals surface area contributed by atoms with Crippen LogP contribution >= 0.6 is 34.8 Å².